The fraction of sp³-hybridized carbons (Fsp3) is 0.750. The van der Waals surface area contributed by atoms with Crippen LogP contribution in [0, 0.1) is 0 Å². The zero-order valence-corrected chi connectivity index (χ0v) is 14.7. The topological polar surface area (TPSA) is 68.2 Å². The molecule has 0 aliphatic carbocycles. The number of alkyl carbamates (subject to hydrolysis) is 1. The molecule has 22 heavy (non-hydrogen) atoms. The van der Waals surface area contributed by atoms with Gasteiger partial charge in [0.15, 0.2) is 0 Å². The lowest BCUT2D eigenvalue weighted by Crippen LogP contribution is -2.42. The average molecular weight is 310 g/mol. The van der Waals surface area contributed by atoms with E-state index in [1.807, 2.05) is 38.7 Å². The Morgan fingerprint density at radius 3 is 2.64 bits per heavy atom. The predicted octanol–water partition coefficient (Wildman–Crippen LogP) is 2.38. The molecule has 0 spiro atoms. The summed E-state index contributed by atoms with van der Waals surface area (Å²) in [6.07, 6.45) is 3.52. The maximum atomic E-state index is 11.7. The Hall–Kier alpha value is -1.56. The van der Waals surface area contributed by atoms with Crippen LogP contribution in [0.3, 0.4) is 0 Å². The Morgan fingerprint density at radius 1 is 1.41 bits per heavy atom. The van der Waals surface area contributed by atoms with Crippen LogP contribution < -0.4 is 10.6 Å². The van der Waals surface area contributed by atoms with Crippen LogP contribution in [-0.2, 0) is 24.8 Å². The quantitative estimate of drug-likeness (QED) is 0.811. The summed E-state index contributed by atoms with van der Waals surface area (Å²) in [5.74, 6) is 0. The van der Waals surface area contributed by atoms with Gasteiger partial charge in [0.1, 0.15) is 5.60 Å². The fourth-order valence-corrected chi connectivity index (χ4v) is 2.16. The van der Waals surface area contributed by atoms with Crippen LogP contribution in [0.1, 0.15) is 52.3 Å². The molecular formula is C16H30N4O2. The minimum absolute atomic E-state index is 0.206. The predicted molar refractivity (Wildman–Crippen MR) is 87.7 cm³/mol. The molecular weight excluding hydrogens is 280 g/mol. The summed E-state index contributed by atoms with van der Waals surface area (Å²) in [5.41, 5.74) is 1.86. The Bertz CT molecular complexity index is 477. The molecule has 1 aromatic rings. The van der Waals surface area contributed by atoms with Gasteiger partial charge in [-0.15, -0.1) is 0 Å². The first-order valence-corrected chi connectivity index (χ1v) is 7.96. The van der Waals surface area contributed by atoms with Crippen molar-refractivity contribution in [1.29, 1.82) is 0 Å². The molecule has 0 saturated carbocycles. The Balaban J connectivity index is 2.43. The number of nitrogens with one attached hydrogen (secondary N) is 2. The summed E-state index contributed by atoms with van der Waals surface area (Å²) >= 11 is 0. The van der Waals surface area contributed by atoms with Gasteiger partial charge in [-0.2, -0.15) is 5.10 Å². The highest BCUT2D eigenvalue weighted by Crippen LogP contribution is 2.08. The molecule has 2 N–H and O–H groups in total. The van der Waals surface area contributed by atoms with Crippen LogP contribution in [0.25, 0.3) is 0 Å². The molecule has 0 radical (unpaired) electrons. The molecule has 0 aromatic carbocycles. The van der Waals surface area contributed by atoms with Crippen molar-refractivity contribution in [2.45, 2.75) is 65.6 Å². The lowest BCUT2D eigenvalue weighted by atomic mass is 10.1. The van der Waals surface area contributed by atoms with Gasteiger partial charge in [0, 0.05) is 37.9 Å². The van der Waals surface area contributed by atoms with Gasteiger partial charge in [-0.25, -0.2) is 4.79 Å². The second kappa shape index (κ2) is 8.17. The van der Waals surface area contributed by atoms with E-state index in [4.69, 9.17) is 4.74 Å². The number of carbonyl (C=O) groups excluding carboxylic acids is 1. The largest absolute Gasteiger partial charge is 0.444 e. The lowest BCUT2D eigenvalue weighted by Gasteiger charge is -2.22. The molecule has 1 heterocycles. The first kappa shape index (κ1) is 18.5. The SMILES string of the molecule is CCc1nn(C)cc1CNC(CC)CNC(=O)OC(C)(C)C. The molecule has 0 aliphatic rings. The smallest absolute Gasteiger partial charge is 0.407 e. The van der Waals surface area contributed by atoms with E-state index in [0.29, 0.717) is 6.54 Å². The van der Waals surface area contributed by atoms with Crippen LogP contribution in [0.5, 0.6) is 0 Å². The van der Waals surface area contributed by atoms with Crippen LogP contribution in [0.15, 0.2) is 6.20 Å². The van der Waals surface area contributed by atoms with Crippen molar-refractivity contribution in [2.24, 2.45) is 7.05 Å². The van der Waals surface area contributed by atoms with Crippen LogP contribution in [0.4, 0.5) is 4.79 Å². The third-order valence-electron chi connectivity index (χ3n) is 3.29. The monoisotopic (exact) mass is 310 g/mol. The summed E-state index contributed by atoms with van der Waals surface area (Å²) in [4.78, 5) is 11.7. The standard InChI is InChI=1S/C16H30N4O2/c1-7-13(10-18-15(21)22-16(3,4)5)17-9-12-11-20(6)19-14(12)8-2/h11,13,17H,7-10H2,1-6H3,(H,18,21). The zero-order valence-electron chi connectivity index (χ0n) is 14.7. The lowest BCUT2D eigenvalue weighted by molar-refractivity contribution is 0.0522. The number of ether oxygens (including phenoxy) is 1. The number of aromatic nitrogens is 2. The number of nitrogens with zero attached hydrogens (tertiary/aromatic N) is 2. The molecule has 126 valence electrons. The molecule has 1 atom stereocenters. The number of carbonyl (C=O) groups is 1. The van der Waals surface area contributed by atoms with E-state index in [1.54, 1.807) is 0 Å². The van der Waals surface area contributed by atoms with E-state index < -0.39 is 5.60 Å². The maximum Gasteiger partial charge on any atom is 0.407 e. The molecule has 1 aromatic heterocycles. The molecule has 1 amide bonds. The Morgan fingerprint density at radius 2 is 2.09 bits per heavy atom. The molecule has 0 saturated heterocycles. The van der Waals surface area contributed by atoms with Crippen molar-refractivity contribution < 1.29 is 9.53 Å². The highest BCUT2D eigenvalue weighted by molar-refractivity contribution is 5.67. The molecule has 6 heteroatoms. The minimum Gasteiger partial charge on any atom is -0.444 e. The highest BCUT2D eigenvalue weighted by atomic mass is 16.6. The van der Waals surface area contributed by atoms with Crippen molar-refractivity contribution >= 4 is 6.09 Å². The molecule has 1 unspecified atom stereocenters. The van der Waals surface area contributed by atoms with Crippen molar-refractivity contribution in [3.05, 3.63) is 17.5 Å². The van der Waals surface area contributed by atoms with Gasteiger partial charge in [-0.3, -0.25) is 4.68 Å². The van der Waals surface area contributed by atoms with Gasteiger partial charge in [-0.1, -0.05) is 13.8 Å². The van der Waals surface area contributed by atoms with Crippen LogP contribution in [-0.4, -0.2) is 34.1 Å². The van der Waals surface area contributed by atoms with Crippen molar-refractivity contribution in [2.75, 3.05) is 6.54 Å². The molecule has 0 aliphatic heterocycles. The normalized spacial score (nSPS) is 13.0. The summed E-state index contributed by atoms with van der Waals surface area (Å²) in [5, 5.41) is 10.7. The Labute approximate surface area is 133 Å². The fourth-order valence-electron chi connectivity index (χ4n) is 2.16. The zero-order chi connectivity index (χ0) is 16.8. The first-order valence-electron chi connectivity index (χ1n) is 7.96. The number of rotatable bonds is 7. The molecule has 6 nitrogen and oxygen atoms in total. The summed E-state index contributed by atoms with van der Waals surface area (Å²) in [7, 11) is 1.93. The third-order valence-corrected chi connectivity index (χ3v) is 3.29. The number of hydrogen-bond donors (Lipinski definition) is 2. The maximum absolute atomic E-state index is 11.7. The second-order valence-corrected chi connectivity index (χ2v) is 6.50. The van der Waals surface area contributed by atoms with Crippen molar-refractivity contribution in [1.82, 2.24) is 20.4 Å². The van der Waals surface area contributed by atoms with Gasteiger partial charge in [0.2, 0.25) is 0 Å². The van der Waals surface area contributed by atoms with E-state index in [2.05, 4.69) is 29.6 Å². The summed E-state index contributed by atoms with van der Waals surface area (Å²) in [6.45, 7) is 11.1. The van der Waals surface area contributed by atoms with Gasteiger partial charge in [0.25, 0.3) is 0 Å². The highest BCUT2D eigenvalue weighted by Gasteiger charge is 2.17. The average Bonchev–Trinajstić information content (AvgIpc) is 2.77. The van der Waals surface area contributed by atoms with Crippen LogP contribution in [0.2, 0.25) is 0 Å². The van der Waals surface area contributed by atoms with E-state index in [-0.39, 0.29) is 12.1 Å². The van der Waals surface area contributed by atoms with E-state index in [0.717, 1.165) is 25.1 Å². The van der Waals surface area contributed by atoms with Gasteiger partial charge < -0.3 is 15.4 Å². The van der Waals surface area contributed by atoms with E-state index in [1.165, 1.54) is 5.56 Å². The van der Waals surface area contributed by atoms with Crippen molar-refractivity contribution in [3.8, 4) is 0 Å². The third kappa shape index (κ3) is 6.47. The van der Waals surface area contributed by atoms with Gasteiger partial charge >= 0.3 is 6.09 Å². The summed E-state index contributed by atoms with van der Waals surface area (Å²) in [6, 6.07) is 0.206. The first-order chi connectivity index (χ1) is 10.2. The van der Waals surface area contributed by atoms with Crippen LogP contribution >= 0.6 is 0 Å². The Kier molecular flexibility index (Phi) is 6.87. The number of hydrogen-bond acceptors (Lipinski definition) is 4. The number of amides is 1. The van der Waals surface area contributed by atoms with E-state index in [9.17, 15) is 4.79 Å². The number of aryl methyl sites for hydroxylation is 2. The van der Waals surface area contributed by atoms with Gasteiger partial charge in [-0.05, 0) is 33.6 Å². The molecule has 0 bridgehead atoms. The second-order valence-electron chi connectivity index (χ2n) is 6.50. The minimum atomic E-state index is -0.467. The van der Waals surface area contributed by atoms with Gasteiger partial charge in [0.05, 0.1) is 5.69 Å². The molecule has 1 rings (SSSR count). The molecule has 0 fully saturated rings. The van der Waals surface area contributed by atoms with E-state index >= 15 is 0 Å². The summed E-state index contributed by atoms with van der Waals surface area (Å²) < 4.78 is 7.09. The van der Waals surface area contributed by atoms with Crippen molar-refractivity contribution in [3.63, 3.8) is 0 Å².